The first-order valence-electron chi connectivity index (χ1n) is 6.12. The standard InChI is InChI=1S/C15H15F3N2O2/c1-9(13(6-7-19)14(21)22)10(2)20-12-5-3-4-11(8-12)15(16,17)18/h3-8,20H,2,19H2,1H3,(H,21,22)/b7-6-,13-9+. The Kier molecular flexibility index (Phi) is 5.39. The van der Waals surface area contributed by atoms with Crippen molar-refractivity contribution in [2.24, 2.45) is 5.73 Å². The average Bonchev–Trinajstić information content (AvgIpc) is 2.43. The van der Waals surface area contributed by atoms with Gasteiger partial charge in [-0.1, -0.05) is 12.6 Å². The molecule has 0 aliphatic rings. The summed E-state index contributed by atoms with van der Waals surface area (Å²) < 4.78 is 37.9. The maximum absolute atomic E-state index is 12.6. The van der Waals surface area contributed by atoms with Crippen molar-refractivity contribution in [1.29, 1.82) is 0 Å². The number of rotatable bonds is 5. The minimum atomic E-state index is -4.46. The number of hydrogen-bond donors (Lipinski definition) is 3. The number of aliphatic carboxylic acids is 1. The summed E-state index contributed by atoms with van der Waals surface area (Å²) >= 11 is 0. The molecule has 0 atom stereocenters. The van der Waals surface area contributed by atoms with Gasteiger partial charge in [0.25, 0.3) is 0 Å². The SMILES string of the molecule is C=C(Nc1cccc(C(F)(F)F)c1)/C(C)=C(\C=C/N)C(=O)O. The van der Waals surface area contributed by atoms with Crippen LogP contribution in [0.4, 0.5) is 18.9 Å². The molecule has 22 heavy (non-hydrogen) atoms. The van der Waals surface area contributed by atoms with Crippen LogP contribution in [0.15, 0.2) is 60.0 Å². The highest BCUT2D eigenvalue weighted by Crippen LogP contribution is 2.31. The van der Waals surface area contributed by atoms with Gasteiger partial charge in [-0.05, 0) is 43.0 Å². The van der Waals surface area contributed by atoms with Gasteiger partial charge in [-0.25, -0.2) is 4.79 Å². The zero-order valence-electron chi connectivity index (χ0n) is 11.7. The highest BCUT2D eigenvalue weighted by molar-refractivity contribution is 5.91. The van der Waals surface area contributed by atoms with Crippen LogP contribution in [0.2, 0.25) is 0 Å². The third kappa shape index (κ3) is 4.41. The van der Waals surface area contributed by atoms with E-state index in [1.807, 2.05) is 0 Å². The molecule has 4 N–H and O–H groups in total. The van der Waals surface area contributed by atoms with E-state index in [1.165, 1.54) is 25.1 Å². The van der Waals surface area contributed by atoms with Crippen molar-refractivity contribution in [1.82, 2.24) is 0 Å². The molecule has 4 nitrogen and oxygen atoms in total. The van der Waals surface area contributed by atoms with Gasteiger partial charge >= 0.3 is 12.1 Å². The topological polar surface area (TPSA) is 75.3 Å². The third-order valence-electron chi connectivity index (χ3n) is 2.84. The number of anilines is 1. The molecule has 0 unspecified atom stereocenters. The van der Waals surface area contributed by atoms with Crippen molar-refractivity contribution < 1.29 is 23.1 Å². The van der Waals surface area contributed by atoms with E-state index >= 15 is 0 Å². The molecule has 0 aromatic heterocycles. The number of nitrogens with one attached hydrogen (secondary N) is 1. The summed E-state index contributed by atoms with van der Waals surface area (Å²) in [6.45, 7) is 5.12. The first-order chi connectivity index (χ1) is 10.2. The molecule has 0 aliphatic carbocycles. The molecule has 0 bridgehead atoms. The number of allylic oxidation sites excluding steroid dienone is 1. The molecule has 0 amide bonds. The fraction of sp³-hybridized carbons (Fsp3) is 0.133. The van der Waals surface area contributed by atoms with Crippen LogP contribution in [0.25, 0.3) is 0 Å². The smallest absolute Gasteiger partial charge is 0.416 e. The molecule has 118 valence electrons. The second-order valence-corrected chi connectivity index (χ2v) is 4.39. The molecule has 0 aliphatic heterocycles. The lowest BCUT2D eigenvalue weighted by molar-refractivity contribution is -0.137. The normalized spacial score (nSPS) is 12.9. The summed E-state index contributed by atoms with van der Waals surface area (Å²) in [6.07, 6.45) is -2.22. The van der Waals surface area contributed by atoms with E-state index in [0.29, 0.717) is 0 Å². The van der Waals surface area contributed by atoms with Crippen LogP contribution in [0.1, 0.15) is 12.5 Å². The van der Waals surface area contributed by atoms with Gasteiger partial charge in [-0.2, -0.15) is 13.2 Å². The van der Waals surface area contributed by atoms with E-state index in [1.54, 1.807) is 0 Å². The summed E-state index contributed by atoms with van der Waals surface area (Å²) in [5.74, 6) is -1.22. The third-order valence-corrected chi connectivity index (χ3v) is 2.84. The zero-order chi connectivity index (χ0) is 16.9. The number of carboxylic acid groups (broad SMARTS) is 1. The van der Waals surface area contributed by atoms with Crippen LogP contribution in [0.5, 0.6) is 0 Å². The van der Waals surface area contributed by atoms with E-state index in [-0.39, 0.29) is 22.5 Å². The molecule has 0 radical (unpaired) electrons. The summed E-state index contributed by atoms with van der Waals surface area (Å²) in [6, 6.07) is 4.52. The van der Waals surface area contributed by atoms with Crippen molar-refractivity contribution in [2.45, 2.75) is 13.1 Å². The quantitative estimate of drug-likeness (QED) is 0.574. The second-order valence-electron chi connectivity index (χ2n) is 4.39. The van der Waals surface area contributed by atoms with Crippen molar-refractivity contribution in [3.8, 4) is 0 Å². The summed E-state index contributed by atoms with van der Waals surface area (Å²) in [4.78, 5) is 11.1. The lowest BCUT2D eigenvalue weighted by Gasteiger charge is -2.14. The number of benzene rings is 1. The Morgan fingerprint density at radius 1 is 1.41 bits per heavy atom. The molecule has 1 aromatic rings. The van der Waals surface area contributed by atoms with Gasteiger partial charge in [0.15, 0.2) is 0 Å². The lowest BCUT2D eigenvalue weighted by atomic mass is 10.1. The fourth-order valence-electron chi connectivity index (χ4n) is 1.66. The molecule has 0 spiro atoms. The average molecular weight is 312 g/mol. The lowest BCUT2D eigenvalue weighted by Crippen LogP contribution is -2.09. The van der Waals surface area contributed by atoms with E-state index in [2.05, 4.69) is 11.9 Å². The van der Waals surface area contributed by atoms with Crippen molar-refractivity contribution >= 4 is 11.7 Å². The predicted octanol–water partition coefficient (Wildman–Crippen LogP) is 3.50. The van der Waals surface area contributed by atoms with Gasteiger partial charge in [0.1, 0.15) is 0 Å². The molecule has 0 fully saturated rings. The molecule has 1 rings (SSSR count). The Labute approximate surface area is 125 Å². The first-order valence-corrected chi connectivity index (χ1v) is 6.12. The number of nitrogens with two attached hydrogens (primary N) is 1. The largest absolute Gasteiger partial charge is 0.478 e. The highest BCUT2D eigenvalue weighted by atomic mass is 19.4. The minimum absolute atomic E-state index is 0.105. The number of alkyl halides is 3. The van der Waals surface area contributed by atoms with Gasteiger partial charge in [0, 0.05) is 11.4 Å². The van der Waals surface area contributed by atoms with Gasteiger partial charge in [0.05, 0.1) is 11.1 Å². The molecular weight excluding hydrogens is 297 g/mol. The monoisotopic (exact) mass is 312 g/mol. The number of halogens is 3. The van der Waals surface area contributed by atoms with Crippen LogP contribution >= 0.6 is 0 Å². The Bertz CT molecular complexity index is 646. The van der Waals surface area contributed by atoms with Crippen LogP contribution < -0.4 is 11.1 Å². The maximum atomic E-state index is 12.6. The van der Waals surface area contributed by atoms with Gasteiger partial charge < -0.3 is 16.2 Å². The Morgan fingerprint density at radius 2 is 2.05 bits per heavy atom. The Morgan fingerprint density at radius 3 is 2.55 bits per heavy atom. The number of hydrogen-bond acceptors (Lipinski definition) is 3. The summed E-state index contributed by atoms with van der Waals surface area (Å²) in [5.41, 5.74) is 4.83. The van der Waals surface area contributed by atoms with Gasteiger partial charge in [0.2, 0.25) is 0 Å². The van der Waals surface area contributed by atoms with Crippen molar-refractivity contribution in [3.63, 3.8) is 0 Å². The van der Waals surface area contributed by atoms with Crippen molar-refractivity contribution in [3.05, 3.63) is 65.5 Å². The number of carboxylic acids is 1. The van der Waals surface area contributed by atoms with Crippen LogP contribution in [0.3, 0.4) is 0 Å². The maximum Gasteiger partial charge on any atom is 0.416 e. The van der Waals surface area contributed by atoms with Crippen LogP contribution in [0, 0.1) is 0 Å². The Hall–Kier alpha value is -2.70. The molecule has 0 saturated heterocycles. The molecule has 0 saturated carbocycles. The first kappa shape index (κ1) is 17.4. The van der Waals surface area contributed by atoms with E-state index in [0.717, 1.165) is 18.3 Å². The summed E-state index contributed by atoms with van der Waals surface area (Å²) in [5, 5.41) is 11.7. The van der Waals surface area contributed by atoms with E-state index in [9.17, 15) is 18.0 Å². The molecule has 0 heterocycles. The molecule has 1 aromatic carbocycles. The minimum Gasteiger partial charge on any atom is -0.478 e. The molecular formula is C15H15F3N2O2. The van der Waals surface area contributed by atoms with E-state index < -0.39 is 17.7 Å². The summed E-state index contributed by atoms with van der Waals surface area (Å²) in [7, 11) is 0. The Balaban J connectivity index is 3.07. The van der Waals surface area contributed by atoms with Crippen LogP contribution in [-0.2, 0) is 11.0 Å². The zero-order valence-corrected chi connectivity index (χ0v) is 11.7. The highest BCUT2D eigenvalue weighted by Gasteiger charge is 2.30. The number of carbonyl (C=O) groups is 1. The van der Waals surface area contributed by atoms with E-state index in [4.69, 9.17) is 10.8 Å². The van der Waals surface area contributed by atoms with Crippen molar-refractivity contribution in [2.75, 3.05) is 5.32 Å². The van der Waals surface area contributed by atoms with Gasteiger partial charge in [-0.15, -0.1) is 0 Å². The molecule has 7 heteroatoms. The second kappa shape index (κ2) is 6.84. The van der Waals surface area contributed by atoms with Crippen LogP contribution in [-0.4, -0.2) is 11.1 Å². The van der Waals surface area contributed by atoms with Gasteiger partial charge in [-0.3, -0.25) is 0 Å². The fourth-order valence-corrected chi connectivity index (χ4v) is 1.66. The predicted molar refractivity (Wildman–Crippen MR) is 77.9 cm³/mol.